The molecule has 0 aliphatic heterocycles. The standard InChI is InChI=1S/C49H84O17P2/c1-3-5-7-8-9-10-11-12-13-14-15-16-20-23-26-29-32-36-42(51)62-38-41(39-63-68(60,61)66-49-46(55)44(53)45(54)48(47(49)56)65-67(57,58)59)64-43(52)37-33-30-27-24-21-18-17-19-22-25-28-31-35-40(50)34-6-4-2/h9-10,12-13,17-18,22,24-25,27,31,35,40-41,44-50,53-56H,3-8,11,14-16,19-21,23,26,28-30,32-34,36-39H2,1-2H3,(H,60,61)(H2,57,58,59)/b10-9-,13-12-,18-17-,25-22-,27-24-,35-31-/t40-,41-,44?,45?,46?,47?,48-,49+/m1/s1. The van der Waals surface area contributed by atoms with E-state index in [1.807, 2.05) is 48.6 Å². The van der Waals surface area contributed by atoms with Crippen molar-refractivity contribution >= 4 is 27.6 Å². The van der Waals surface area contributed by atoms with E-state index in [4.69, 9.17) is 18.5 Å². The second-order valence-corrected chi connectivity index (χ2v) is 19.6. The zero-order chi connectivity index (χ0) is 50.5. The molecule has 1 aliphatic carbocycles. The van der Waals surface area contributed by atoms with Gasteiger partial charge in [-0.05, 0) is 77.0 Å². The molecule has 392 valence electrons. The fraction of sp³-hybridized carbons (Fsp3) is 0.714. The summed E-state index contributed by atoms with van der Waals surface area (Å²) in [7, 11) is -10.7. The van der Waals surface area contributed by atoms with Crippen LogP contribution in [0.4, 0.5) is 0 Å². The lowest BCUT2D eigenvalue weighted by Crippen LogP contribution is -2.64. The molecule has 0 amide bonds. The average molecular weight is 1010 g/mol. The van der Waals surface area contributed by atoms with Crippen LogP contribution < -0.4 is 0 Å². The van der Waals surface area contributed by atoms with E-state index in [1.165, 1.54) is 19.3 Å². The summed E-state index contributed by atoms with van der Waals surface area (Å²) in [5.41, 5.74) is 0. The number of hydrogen-bond acceptors (Lipinski definition) is 14. The van der Waals surface area contributed by atoms with Crippen LogP contribution in [0.5, 0.6) is 0 Å². The molecule has 1 rings (SSSR count). The first kappa shape index (κ1) is 63.4. The van der Waals surface area contributed by atoms with Crippen LogP contribution in [-0.2, 0) is 41.8 Å². The Morgan fingerprint density at radius 1 is 0.529 bits per heavy atom. The van der Waals surface area contributed by atoms with Crippen molar-refractivity contribution in [1.82, 2.24) is 0 Å². The van der Waals surface area contributed by atoms with E-state index in [0.29, 0.717) is 25.7 Å². The molecule has 9 atom stereocenters. The predicted molar refractivity (Wildman–Crippen MR) is 261 cm³/mol. The van der Waals surface area contributed by atoms with Crippen molar-refractivity contribution < 1.29 is 82.0 Å². The molecule has 0 heterocycles. The molecule has 5 unspecified atom stereocenters. The topological polar surface area (TPSA) is 276 Å². The van der Waals surface area contributed by atoms with Gasteiger partial charge in [0, 0.05) is 12.8 Å². The molecule has 68 heavy (non-hydrogen) atoms. The Morgan fingerprint density at radius 3 is 1.56 bits per heavy atom. The van der Waals surface area contributed by atoms with Gasteiger partial charge in [-0.1, -0.05) is 145 Å². The molecule has 0 bridgehead atoms. The third-order valence-corrected chi connectivity index (χ3v) is 12.3. The smallest absolute Gasteiger partial charge is 0.462 e. The third-order valence-electron chi connectivity index (χ3n) is 10.8. The van der Waals surface area contributed by atoms with Crippen molar-refractivity contribution in [2.75, 3.05) is 13.2 Å². The number of carbonyl (C=O) groups is 2. The molecule has 0 saturated heterocycles. The molecular formula is C49H84O17P2. The first-order valence-corrected chi connectivity index (χ1v) is 27.6. The van der Waals surface area contributed by atoms with Crippen LogP contribution >= 0.6 is 15.6 Å². The van der Waals surface area contributed by atoms with E-state index in [0.717, 1.165) is 89.9 Å². The number of phosphoric ester groups is 2. The minimum Gasteiger partial charge on any atom is -0.462 e. The van der Waals surface area contributed by atoms with E-state index in [-0.39, 0.29) is 12.8 Å². The van der Waals surface area contributed by atoms with Gasteiger partial charge in [-0.25, -0.2) is 9.13 Å². The summed E-state index contributed by atoms with van der Waals surface area (Å²) in [6.07, 6.45) is 29.0. The minimum absolute atomic E-state index is 0.0536. The number of ether oxygens (including phenoxy) is 2. The number of hydrogen-bond donors (Lipinski definition) is 8. The van der Waals surface area contributed by atoms with E-state index < -0.39 is 89.6 Å². The van der Waals surface area contributed by atoms with Gasteiger partial charge >= 0.3 is 27.6 Å². The third kappa shape index (κ3) is 33.1. The van der Waals surface area contributed by atoms with Crippen molar-refractivity contribution in [3.63, 3.8) is 0 Å². The second kappa shape index (κ2) is 39.1. The molecular weight excluding hydrogens is 922 g/mol. The molecule has 19 heteroatoms. The molecule has 0 radical (unpaired) electrons. The molecule has 1 aliphatic rings. The summed E-state index contributed by atoms with van der Waals surface area (Å²) in [4.78, 5) is 54.3. The molecule has 1 fully saturated rings. The molecule has 0 aromatic carbocycles. The number of allylic oxidation sites excluding steroid dienone is 11. The Labute approximate surface area is 404 Å². The van der Waals surface area contributed by atoms with Crippen molar-refractivity contribution in [2.45, 2.75) is 210 Å². The van der Waals surface area contributed by atoms with Gasteiger partial charge in [0.2, 0.25) is 0 Å². The SMILES string of the molecule is CCCCC/C=C\C/C=C\CCCCCCCCCC(=O)OC[C@H](COP(=O)(O)O[C@H]1C(O)C(O)C(O)[C@@H](OP(=O)(O)O)C1O)OC(=O)CCC/C=C\C/C=C\C/C=C\C/C=C\[C@H](O)CCCC. The number of rotatable bonds is 40. The van der Waals surface area contributed by atoms with Gasteiger partial charge < -0.3 is 49.7 Å². The summed E-state index contributed by atoms with van der Waals surface area (Å²) in [6, 6.07) is 0. The quantitative estimate of drug-likeness (QED) is 0.0123. The number of unbranched alkanes of at least 4 members (excludes halogenated alkanes) is 12. The van der Waals surface area contributed by atoms with Gasteiger partial charge in [0.25, 0.3) is 0 Å². The highest BCUT2D eigenvalue weighted by atomic mass is 31.2. The van der Waals surface area contributed by atoms with Crippen molar-refractivity contribution in [3.05, 3.63) is 72.9 Å². The number of aliphatic hydroxyl groups excluding tert-OH is 5. The van der Waals surface area contributed by atoms with E-state index >= 15 is 0 Å². The molecule has 17 nitrogen and oxygen atoms in total. The Balaban J connectivity index is 2.63. The predicted octanol–water partition coefficient (Wildman–Crippen LogP) is 8.59. The monoisotopic (exact) mass is 1010 g/mol. The van der Waals surface area contributed by atoms with Crippen LogP contribution in [0.2, 0.25) is 0 Å². The molecule has 0 aromatic rings. The Morgan fingerprint density at radius 2 is 1.00 bits per heavy atom. The lowest BCUT2D eigenvalue weighted by Gasteiger charge is -2.43. The second-order valence-electron chi connectivity index (χ2n) is 17.0. The maximum absolute atomic E-state index is 13.0. The maximum Gasteiger partial charge on any atom is 0.472 e. The van der Waals surface area contributed by atoms with Gasteiger partial charge in [-0.2, -0.15) is 0 Å². The van der Waals surface area contributed by atoms with Crippen LogP contribution in [0.15, 0.2) is 72.9 Å². The minimum atomic E-state index is -5.38. The molecule has 0 aromatic heterocycles. The van der Waals surface area contributed by atoms with Crippen LogP contribution in [0.25, 0.3) is 0 Å². The first-order valence-electron chi connectivity index (χ1n) is 24.6. The number of aliphatic hydroxyl groups is 5. The maximum atomic E-state index is 13.0. The van der Waals surface area contributed by atoms with Gasteiger partial charge in [0.1, 0.15) is 43.2 Å². The highest BCUT2D eigenvalue weighted by molar-refractivity contribution is 7.47. The largest absolute Gasteiger partial charge is 0.472 e. The van der Waals surface area contributed by atoms with Crippen LogP contribution in [0.3, 0.4) is 0 Å². The van der Waals surface area contributed by atoms with Crippen molar-refractivity contribution in [1.29, 1.82) is 0 Å². The fourth-order valence-corrected chi connectivity index (χ4v) is 8.49. The van der Waals surface area contributed by atoms with E-state index in [2.05, 4.69) is 42.7 Å². The van der Waals surface area contributed by atoms with E-state index in [9.17, 15) is 58.9 Å². The van der Waals surface area contributed by atoms with Gasteiger partial charge in [0.05, 0.1) is 12.7 Å². The zero-order valence-corrected chi connectivity index (χ0v) is 42.2. The Kier molecular flexibility index (Phi) is 36.4. The highest BCUT2D eigenvalue weighted by Crippen LogP contribution is 2.49. The lowest BCUT2D eigenvalue weighted by atomic mass is 9.85. The number of esters is 2. The normalized spacial score (nSPS) is 22.3. The zero-order valence-electron chi connectivity index (χ0n) is 40.4. The summed E-state index contributed by atoms with van der Waals surface area (Å²) in [6.45, 7) is 2.88. The number of carbonyl (C=O) groups excluding carboxylic acids is 2. The molecule has 1 saturated carbocycles. The van der Waals surface area contributed by atoms with Crippen LogP contribution in [0, 0.1) is 0 Å². The highest BCUT2D eigenvalue weighted by Gasteiger charge is 2.54. The summed E-state index contributed by atoms with van der Waals surface area (Å²) < 4.78 is 49.3. The number of phosphoric acid groups is 2. The van der Waals surface area contributed by atoms with Gasteiger partial charge in [-0.15, -0.1) is 0 Å². The summed E-state index contributed by atoms with van der Waals surface area (Å²) in [5.74, 6) is -1.31. The average Bonchev–Trinajstić information content (AvgIpc) is 3.29. The Bertz CT molecular complexity index is 1610. The van der Waals surface area contributed by atoms with Gasteiger partial charge in [-0.3, -0.25) is 23.2 Å². The Hall–Kier alpha value is -2.60. The molecule has 8 N–H and O–H groups in total. The van der Waals surface area contributed by atoms with Crippen molar-refractivity contribution in [3.8, 4) is 0 Å². The summed E-state index contributed by atoms with van der Waals surface area (Å²) in [5, 5.41) is 51.1. The van der Waals surface area contributed by atoms with E-state index in [1.54, 1.807) is 0 Å². The van der Waals surface area contributed by atoms with Gasteiger partial charge in [0.15, 0.2) is 6.10 Å². The lowest BCUT2D eigenvalue weighted by molar-refractivity contribution is -0.216. The molecule has 0 spiro atoms. The van der Waals surface area contributed by atoms with Crippen molar-refractivity contribution in [2.24, 2.45) is 0 Å². The van der Waals surface area contributed by atoms with Crippen LogP contribution in [0.1, 0.15) is 162 Å². The summed E-state index contributed by atoms with van der Waals surface area (Å²) >= 11 is 0. The first-order chi connectivity index (χ1) is 32.5. The van der Waals surface area contributed by atoms with Crippen LogP contribution in [-0.4, -0.2) is 114 Å². The fourth-order valence-electron chi connectivity index (χ4n) is 6.95.